The minimum absolute atomic E-state index is 0.203. The molecule has 2 atom stereocenters. The molecule has 2 unspecified atom stereocenters. The molecule has 0 aliphatic heterocycles. The normalized spacial score (nSPS) is 13.5. The first-order valence-corrected chi connectivity index (χ1v) is 8.19. The standard InChI is InChI=1S/C16H30O5/c1-5-9-11-13(7-3)15(17)19-21-20-16(18)14(8-4)12-10-6-2/h13-14H,5-12H2,1-4H3. The van der Waals surface area contributed by atoms with Gasteiger partial charge in [-0.2, -0.15) is 0 Å². The van der Waals surface area contributed by atoms with Crippen LogP contribution >= 0.6 is 0 Å². The lowest BCUT2D eigenvalue weighted by Gasteiger charge is -2.13. The van der Waals surface area contributed by atoms with Crippen LogP contribution in [-0.2, 0) is 24.4 Å². The highest BCUT2D eigenvalue weighted by molar-refractivity contribution is 5.72. The van der Waals surface area contributed by atoms with Crippen LogP contribution in [0.4, 0.5) is 0 Å². The summed E-state index contributed by atoms with van der Waals surface area (Å²) in [4.78, 5) is 32.6. The van der Waals surface area contributed by atoms with Gasteiger partial charge in [0.1, 0.15) is 0 Å². The predicted octanol–water partition coefficient (Wildman–Crippen LogP) is 4.35. The van der Waals surface area contributed by atoms with Crippen molar-refractivity contribution in [2.75, 3.05) is 0 Å². The van der Waals surface area contributed by atoms with Gasteiger partial charge >= 0.3 is 11.9 Å². The van der Waals surface area contributed by atoms with Crippen molar-refractivity contribution in [1.82, 2.24) is 0 Å². The highest BCUT2D eigenvalue weighted by Crippen LogP contribution is 2.16. The molecule has 0 aliphatic carbocycles. The first-order valence-electron chi connectivity index (χ1n) is 8.19. The maximum absolute atomic E-state index is 11.7. The lowest BCUT2D eigenvalue weighted by molar-refractivity contribution is -0.462. The topological polar surface area (TPSA) is 61.8 Å². The van der Waals surface area contributed by atoms with Crippen LogP contribution in [0.1, 0.15) is 79.1 Å². The summed E-state index contributed by atoms with van der Waals surface area (Å²) in [6, 6.07) is 0. The molecule has 0 saturated carbocycles. The van der Waals surface area contributed by atoms with Crippen LogP contribution in [0.5, 0.6) is 0 Å². The van der Waals surface area contributed by atoms with E-state index in [4.69, 9.17) is 0 Å². The molecule has 0 heterocycles. The molecule has 0 aromatic heterocycles. The van der Waals surface area contributed by atoms with Crippen LogP contribution in [-0.4, -0.2) is 11.9 Å². The SMILES string of the molecule is CCCCC(CC)C(=O)OOOC(=O)C(CC)CCCC. The molecule has 0 spiro atoms. The summed E-state index contributed by atoms with van der Waals surface area (Å²) in [5.74, 6) is -1.35. The van der Waals surface area contributed by atoms with E-state index in [1.165, 1.54) is 0 Å². The first kappa shape index (κ1) is 19.9. The molecule has 0 fully saturated rings. The van der Waals surface area contributed by atoms with E-state index < -0.39 is 11.9 Å². The molecule has 0 aliphatic rings. The summed E-state index contributed by atoms with van der Waals surface area (Å²) >= 11 is 0. The second kappa shape index (κ2) is 12.6. The molecule has 0 amide bonds. The van der Waals surface area contributed by atoms with Gasteiger partial charge in [-0.1, -0.05) is 53.4 Å². The zero-order valence-electron chi connectivity index (χ0n) is 13.9. The summed E-state index contributed by atoms with van der Waals surface area (Å²) in [5, 5.41) is 4.38. The lowest BCUT2D eigenvalue weighted by Crippen LogP contribution is -2.21. The third-order valence-electron chi connectivity index (χ3n) is 3.70. The fourth-order valence-electron chi connectivity index (χ4n) is 2.10. The molecule has 0 aromatic rings. The van der Waals surface area contributed by atoms with Crippen LogP contribution in [0.25, 0.3) is 0 Å². The molecule has 5 nitrogen and oxygen atoms in total. The fraction of sp³-hybridized carbons (Fsp3) is 0.875. The summed E-state index contributed by atoms with van der Waals surface area (Å²) < 4.78 is 0. The number of hydrogen-bond acceptors (Lipinski definition) is 5. The summed E-state index contributed by atoms with van der Waals surface area (Å²) in [5.41, 5.74) is 0. The molecular formula is C16H30O5. The Bertz CT molecular complexity index is 262. The average Bonchev–Trinajstić information content (AvgIpc) is 2.48. The van der Waals surface area contributed by atoms with Crippen molar-refractivity contribution in [2.24, 2.45) is 11.8 Å². The van der Waals surface area contributed by atoms with Crippen LogP contribution in [0.2, 0.25) is 0 Å². The second-order valence-electron chi connectivity index (χ2n) is 5.37. The minimum Gasteiger partial charge on any atom is -0.259 e. The summed E-state index contributed by atoms with van der Waals surface area (Å²) in [7, 11) is 0. The Morgan fingerprint density at radius 3 is 1.43 bits per heavy atom. The molecular weight excluding hydrogens is 272 g/mol. The largest absolute Gasteiger partial charge is 0.349 e. The highest BCUT2D eigenvalue weighted by Gasteiger charge is 2.22. The van der Waals surface area contributed by atoms with Gasteiger partial charge in [-0.15, -0.1) is 0 Å². The van der Waals surface area contributed by atoms with Gasteiger partial charge in [-0.3, -0.25) is 9.78 Å². The fourth-order valence-corrected chi connectivity index (χ4v) is 2.10. The van der Waals surface area contributed by atoms with E-state index in [1.807, 2.05) is 13.8 Å². The molecule has 124 valence electrons. The van der Waals surface area contributed by atoms with E-state index >= 15 is 0 Å². The number of carbonyl (C=O) groups excluding carboxylic acids is 2. The number of hydrogen-bond donors (Lipinski definition) is 0. The van der Waals surface area contributed by atoms with E-state index in [-0.39, 0.29) is 11.8 Å². The van der Waals surface area contributed by atoms with Gasteiger partial charge in [0.2, 0.25) is 0 Å². The smallest absolute Gasteiger partial charge is 0.259 e. The Morgan fingerprint density at radius 1 is 0.762 bits per heavy atom. The summed E-state index contributed by atoms with van der Waals surface area (Å²) in [6.45, 7) is 7.98. The Morgan fingerprint density at radius 2 is 1.14 bits per heavy atom. The molecule has 0 rings (SSSR count). The zero-order valence-corrected chi connectivity index (χ0v) is 13.9. The van der Waals surface area contributed by atoms with Crippen LogP contribution in [0.15, 0.2) is 0 Å². The zero-order chi connectivity index (χ0) is 16.1. The van der Waals surface area contributed by atoms with E-state index in [9.17, 15) is 9.59 Å². The van der Waals surface area contributed by atoms with Gasteiger partial charge in [0.05, 0.1) is 11.8 Å². The van der Waals surface area contributed by atoms with Crippen molar-refractivity contribution in [2.45, 2.75) is 79.1 Å². The maximum atomic E-state index is 11.7. The van der Waals surface area contributed by atoms with Gasteiger partial charge in [-0.05, 0) is 25.7 Å². The average molecular weight is 302 g/mol. The Balaban J connectivity index is 4.04. The number of unbranched alkanes of at least 4 members (excludes halogenated alkanes) is 2. The van der Waals surface area contributed by atoms with Crippen molar-refractivity contribution >= 4 is 11.9 Å². The van der Waals surface area contributed by atoms with Crippen LogP contribution in [0.3, 0.4) is 0 Å². The van der Waals surface area contributed by atoms with Gasteiger partial charge < -0.3 is 0 Å². The van der Waals surface area contributed by atoms with Crippen molar-refractivity contribution < 1.29 is 24.4 Å². The van der Waals surface area contributed by atoms with E-state index in [2.05, 4.69) is 28.7 Å². The van der Waals surface area contributed by atoms with Gasteiger partial charge in [0.15, 0.2) is 0 Å². The predicted molar refractivity (Wildman–Crippen MR) is 79.9 cm³/mol. The summed E-state index contributed by atoms with van der Waals surface area (Å²) in [6.07, 6.45) is 6.86. The maximum Gasteiger partial charge on any atom is 0.349 e. The highest BCUT2D eigenvalue weighted by atomic mass is 17.5. The third kappa shape index (κ3) is 8.71. The van der Waals surface area contributed by atoms with E-state index in [0.29, 0.717) is 12.8 Å². The monoisotopic (exact) mass is 302 g/mol. The molecule has 5 heteroatoms. The van der Waals surface area contributed by atoms with E-state index in [1.54, 1.807) is 0 Å². The number of carbonyl (C=O) groups is 2. The van der Waals surface area contributed by atoms with Crippen molar-refractivity contribution in [3.8, 4) is 0 Å². The molecule has 21 heavy (non-hydrogen) atoms. The van der Waals surface area contributed by atoms with Crippen LogP contribution in [0, 0.1) is 11.8 Å². The van der Waals surface area contributed by atoms with Crippen molar-refractivity contribution in [3.63, 3.8) is 0 Å². The van der Waals surface area contributed by atoms with Gasteiger partial charge in [0, 0.05) is 5.04 Å². The third-order valence-corrected chi connectivity index (χ3v) is 3.70. The molecule has 0 radical (unpaired) electrons. The molecule has 0 N–H and O–H groups in total. The quantitative estimate of drug-likeness (QED) is 0.396. The van der Waals surface area contributed by atoms with E-state index in [0.717, 1.165) is 38.5 Å². The Hall–Kier alpha value is -1.10. The van der Waals surface area contributed by atoms with Gasteiger partial charge in [-0.25, -0.2) is 9.59 Å². The Labute approximate surface area is 128 Å². The van der Waals surface area contributed by atoms with Gasteiger partial charge in [0.25, 0.3) is 0 Å². The molecule has 0 saturated heterocycles. The van der Waals surface area contributed by atoms with Crippen molar-refractivity contribution in [3.05, 3.63) is 0 Å². The molecule has 0 aromatic carbocycles. The number of rotatable bonds is 12. The lowest BCUT2D eigenvalue weighted by atomic mass is 10.00. The second-order valence-corrected chi connectivity index (χ2v) is 5.37. The first-order chi connectivity index (χ1) is 10.1. The van der Waals surface area contributed by atoms with Crippen LogP contribution < -0.4 is 0 Å². The minimum atomic E-state index is -0.472. The van der Waals surface area contributed by atoms with Crippen molar-refractivity contribution in [1.29, 1.82) is 0 Å². The molecule has 0 bridgehead atoms. The Kier molecular flexibility index (Phi) is 12.0.